The van der Waals surface area contributed by atoms with Crippen molar-refractivity contribution in [2.75, 3.05) is 26.2 Å². The topological polar surface area (TPSA) is 55.6 Å². The minimum absolute atomic E-state index is 0.0832. The van der Waals surface area contributed by atoms with Gasteiger partial charge in [0.2, 0.25) is 5.91 Å². The molecular weight excluding hydrogens is 216 g/mol. The smallest absolute Gasteiger partial charge is 0.225 e. The summed E-state index contributed by atoms with van der Waals surface area (Å²) in [5.74, 6) is 0.330. The van der Waals surface area contributed by atoms with Crippen molar-refractivity contribution < 1.29 is 9.53 Å². The Labute approximate surface area is 104 Å². The summed E-state index contributed by atoms with van der Waals surface area (Å²) in [4.78, 5) is 14.1. The number of carbonyl (C=O) groups excluding carboxylic acids is 1. The summed E-state index contributed by atoms with van der Waals surface area (Å²) < 4.78 is 5.58. The quantitative estimate of drug-likeness (QED) is 0.734. The highest BCUT2D eigenvalue weighted by Gasteiger charge is 2.24. The molecule has 0 spiro atoms. The molecule has 1 aliphatic heterocycles. The maximum Gasteiger partial charge on any atom is 0.225 e. The lowest BCUT2D eigenvalue weighted by atomic mass is 10.0. The van der Waals surface area contributed by atoms with Crippen LogP contribution in [0.3, 0.4) is 0 Å². The molecule has 0 aromatic carbocycles. The first-order valence-electron chi connectivity index (χ1n) is 6.79. The highest BCUT2D eigenvalue weighted by atomic mass is 16.5. The van der Waals surface area contributed by atoms with E-state index in [1.54, 1.807) is 0 Å². The average Bonchev–Trinajstić information content (AvgIpc) is 2.84. The fraction of sp³-hybridized carbons (Fsp3) is 0.923. The van der Waals surface area contributed by atoms with Crippen LogP contribution in [-0.2, 0) is 9.53 Å². The molecular formula is C13H26N2O2. The van der Waals surface area contributed by atoms with Crippen molar-refractivity contribution in [3.8, 4) is 0 Å². The van der Waals surface area contributed by atoms with Crippen molar-refractivity contribution in [3.05, 3.63) is 0 Å². The van der Waals surface area contributed by atoms with Crippen molar-refractivity contribution in [2.45, 2.75) is 45.6 Å². The highest BCUT2D eigenvalue weighted by molar-refractivity contribution is 5.78. The van der Waals surface area contributed by atoms with Gasteiger partial charge >= 0.3 is 0 Å². The van der Waals surface area contributed by atoms with Crippen LogP contribution < -0.4 is 5.73 Å². The zero-order valence-corrected chi connectivity index (χ0v) is 11.2. The second kappa shape index (κ2) is 7.67. The number of rotatable bonds is 7. The van der Waals surface area contributed by atoms with Crippen LogP contribution in [0.5, 0.6) is 0 Å². The summed E-state index contributed by atoms with van der Waals surface area (Å²) in [6, 6.07) is 0. The SMILES string of the molecule is CCN(CC1CCCO1)C(=O)C(C)CCCN. The Morgan fingerprint density at radius 2 is 2.35 bits per heavy atom. The Bertz CT molecular complexity index is 227. The summed E-state index contributed by atoms with van der Waals surface area (Å²) in [5.41, 5.74) is 5.47. The number of nitrogens with two attached hydrogens (primary N) is 1. The molecule has 0 aliphatic carbocycles. The number of likely N-dealkylation sites (N-methyl/N-ethyl adjacent to an activating group) is 1. The Hall–Kier alpha value is -0.610. The van der Waals surface area contributed by atoms with Crippen molar-refractivity contribution >= 4 is 5.91 Å². The molecule has 0 aromatic rings. The second-order valence-electron chi connectivity index (χ2n) is 4.84. The minimum Gasteiger partial charge on any atom is -0.376 e. The third-order valence-electron chi connectivity index (χ3n) is 3.40. The fourth-order valence-corrected chi connectivity index (χ4v) is 2.27. The van der Waals surface area contributed by atoms with Crippen molar-refractivity contribution in [3.63, 3.8) is 0 Å². The molecule has 100 valence electrons. The van der Waals surface area contributed by atoms with Gasteiger partial charge in [0.25, 0.3) is 0 Å². The molecule has 2 unspecified atom stereocenters. The van der Waals surface area contributed by atoms with E-state index in [-0.39, 0.29) is 17.9 Å². The molecule has 1 saturated heterocycles. The van der Waals surface area contributed by atoms with Gasteiger partial charge in [-0.2, -0.15) is 0 Å². The molecule has 2 atom stereocenters. The van der Waals surface area contributed by atoms with Crippen LogP contribution in [0.25, 0.3) is 0 Å². The maximum atomic E-state index is 12.2. The highest BCUT2D eigenvalue weighted by Crippen LogP contribution is 2.16. The van der Waals surface area contributed by atoms with Gasteiger partial charge in [-0.1, -0.05) is 6.92 Å². The molecule has 1 rings (SSSR count). The summed E-state index contributed by atoms with van der Waals surface area (Å²) >= 11 is 0. The van der Waals surface area contributed by atoms with Gasteiger partial charge < -0.3 is 15.4 Å². The van der Waals surface area contributed by atoms with Crippen LogP contribution in [0, 0.1) is 5.92 Å². The first-order chi connectivity index (χ1) is 8.19. The normalized spacial score (nSPS) is 21.5. The minimum atomic E-state index is 0.0832. The Morgan fingerprint density at radius 3 is 2.88 bits per heavy atom. The van der Waals surface area contributed by atoms with E-state index in [0.29, 0.717) is 6.54 Å². The predicted octanol–water partition coefficient (Wildman–Crippen LogP) is 1.39. The van der Waals surface area contributed by atoms with E-state index in [0.717, 1.165) is 45.4 Å². The lowest BCUT2D eigenvalue weighted by Gasteiger charge is -2.26. The van der Waals surface area contributed by atoms with E-state index < -0.39 is 0 Å². The van der Waals surface area contributed by atoms with E-state index in [9.17, 15) is 4.79 Å². The van der Waals surface area contributed by atoms with Crippen LogP contribution in [0.15, 0.2) is 0 Å². The summed E-state index contributed by atoms with van der Waals surface area (Å²) in [6.07, 6.45) is 4.27. The molecule has 0 saturated carbocycles. The number of carbonyl (C=O) groups is 1. The van der Waals surface area contributed by atoms with Gasteiger partial charge in [0, 0.05) is 25.6 Å². The Morgan fingerprint density at radius 1 is 1.59 bits per heavy atom. The predicted molar refractivity (Wildman–Crippen MR) is 68.7 cm³/mol. The Kier molecular flexibility index (Phi) is 6.52. The summed E-state index contributed by atoms with van der Waals surface area (Å²) in [6.45, 7) is 7.06. The Balaban J connectivity index is 2.39. The van der Waals surface area contributed by atoms with Gasteiger partial charge in [-0.05, 0) is 39.2 Å². The first-order valence-corrected chi connectivity index (χ1v) is 6.79. The molecule has 4 nitrogen and oxygen atoms in total. The van der Waals surface area contributed by atoms with Crippen LogP contribution in [0.4, 0.5) is 0 Å². The van der Waals surface area contributed by atoms with Crippen LogP contribution in [-0.4, -0.2) is 43.2 Å². The molecule has 0 radical (unpaired) electrons. The monoisotopic (exact) mass is 242 g/mol. The van der Waals surface area contributed by atoms with E-state index in [1.165, 1.54) is 0 Å². The largest absolute Gasteiger partial charge is 0.376 e. The molecule has 1 aliphatic rings. The van der Waals surface area contributed by atoms with Gasteiger partial charge in [0.1, 0.15) is 0 Å². The number of amides is 1. The lowest BCUT2D eigenvalue weighted by molar-refractivity contribution is -0.136. The number of hydrogen-bond acceptors (Lipinski definition) is 3. The van der Waals surface area contributed by atoms with Gasteiger partial charge in [-0.3, -0.25) is 4.79 Å². The van der Waals surface area contributed by atoms with Crippen LogP contribution in [0.1, 0.15) is 39.5 Å². The second-order valence-corrected chi connectivity index (χ2v) is 4.84. The molecule has 0 bridgehead atoms. The zero-order chi connectivity index (χ0) is 12.7. The molecule has 1 amide bonds. The molecule has 1 fully saturated rings. The fourth-order valence-electron chi connectivity index (χ4n) is 2.27. The molecule has 2 N–H and O–H groups in total. The van der Waals surface area contributed by atoms with Gasteiger partial charge in [0.15, 0.2) is 0 Å². The van der Waals surface area contributed by atoms with E-state index in [4.69, 9.17) is 10.5 Å². The summed E-state index contributed by atoms with van der Waals surface area (Å²) in [7, 11) is 0. The number of nitrogens with zero attached hydrogens (tertiary/aromatic N) is 1. The molecule has 4 heteroatoms. The van der Waals surface area contributed by atoms with Crippen LogP contribution in [0.2, 0.25) is 0 Å². The van der Waals surface area contributed by atoms with Crippen molar-refractivity contribution in [1.82, 2.24) is 4.90 Å². The zero-order valence-electron chi connectivity index (χ0n) is 11.2. The molecule has 0 aromatic heterocycles. The first kappa shape index (κ1) is 14.5. The molecule has 1 heterocycles. The lowest BCUT2D eigenvalue weighted by Crippen LogP contribution is -2.40. The average molecular weight is 242 g/mol. The van der Waals surface area contributed by atoms with Crippen LogP contribution >= 0.6 is 0 Å². The number of ether oxygens (including phenoxy) is 1. The van der Waals surface area contributed by atoms with Gasteiger partial charge in [-0.25, -0.2) is 0 Å². The van der Waals surface area contributed by atoms with E-state index in [1.807, 2.05) is 18.7 Å². The maximum absolute atomic E-state index is 12.2. The van der Waals surface area contributed by atoms with Gasteiger partial charge in [0.05, 0.1) is 6.10 Å². The van der Waals surface area contributed by atoms with Crippen molar-refractivity contribution in [1.29, 1.82) is 0 Å². The standard InChI is InChI=1S/C13H26N2O2/c1-3-15(10-12-7-5-9-17-12)13(16)11(2)6-4-8-14/h11-12H,3-10,14H2,1-2H3. The van der Waals surface area contributed by atoms with E-state index in [2.05, 4.69) is 0 Å². The summed E-state index contributed by atoms with van der Waals surface area (Å²) in [5, 5.41) is 0. The van der Waals surface area contributed by atoms with Crippen molar-refractivity contribution in [2.24, 2.45) is 11.7 Å². The van der Waals surface area contributed by atoms with Gasteiger partial charge in [-0.15, -0.1) is 0 Å². The molecule has 17 heavy (non-hydrogen) atoms. The van der Waals surface area contributed by atoms with E-state index >= 15 is 0 Å². The third kappa shape index (κ3) is 4.64. The third-order valence-corrected chi connectivity index (χ3v) is 3.40. The number of hydrogen-bond donors (Lipinski definition) is 1.